The number of benzene rings is 1. The molecule has 0 saturated heterocycles. The predicted molar refractivity (Wildman–Crippen MR) is 105 cm³/mol. The van der Waals surface area contributed by atoms with E-state index >= 15 is 0 Å². The molecule has 0 radical (unpaired) electrons. The monoisotopic (exact) mass is 415 g/mol. The first-order valence-corrected chi connectivity index (χ1v) is 9.27. The number of aromatic amines is 1. The van der Waals surface area contributed by atoms with Gasteiger partial charge in [0.05, 0.1) is 26.9 Å². The third-order valence-electron chi connectivity index (χ3n) is 5.02. The molecule has 0 spiro atoms. The summed E-state index contributed by atoms with van der Waals surface area (Å²) >= 11 is 0. The number of carbonyl (C=O) groups is 3. The number of hydrogen-bond acceptors (Lipinski definition) is 8. The predicted octanol–water partition coefficient (Wildman–Crippen LogP) is 2.00. The smallest absolute Gasteiger partial charge is 0.358 e. The van der Waals surface area contributed by atoms with Crippen LogP contribution in [0.4, 0.5) is 0 Å². The van der Waals surface area contributed by atoms with Crippen LogP contribution in [0, 0.1) is 0 Å². The first kappa shape index (κ1) is 21.1. The van der Waals surface area contributed by atoms with E-state index in [1.165, 1.54) is 13.2 Å². The summed E-state index contributed by atoms with van der Waals surface area (Å²) in [6.45, 7) is 1.99. The number of carbonyl (C=O) groups excluding carboxylic acids is 3. The lowest BCUT2D eigenvalue weighted by atomic mass is 9.83. The molecular formula is C21H21NO8. The number of phenols is 1. The fourth-order valence-electron chi connectivity index (χ4n) is 3.57. The molecule has 0 atom stereocenters. The maximum Gasteiger partial charge on any atom is 0.358 e. The van der Waals surface area contributed by atoms with Gasteiger partial charge in [0, 0.05) is 5.56 Å². The standard InChI is InChI=1S/C21H21NO8/c1-5-6-7-9-8-10-11(17(25)19(9)28-2)16(24)13-12(15(10)23)18(26)20(29-3)14(22-13)21(27)30-4/h8,25H,5-7H2,1-4H3,(H,22,26). The second-order valence-corrected chi connectivity index (χ2v) is 6.71. The molecule has 3 rings (SSSR count). The zero-order valence-electron chi connectivity index (χ0n) is 17.0. The topological polar surface area (TPSA) is 132 Å². The summed E-state index contributed by atoms with van der Waals surface area (Å²) in [7, 11) is 3.60. The number of ketones is 2. The van der Waals surface area contributed by atoms with Gasteiger partial charge in [-0.25, -0.2) is 4.79 Å². The molecular weight excluding hydrogens is 394 g/mol. The first-order chi connectivity index (χ1) is 14.3. The lowest BCUT2D eigenvalue weighted by molar-refractivity contribution is 0.0589. The van der Waals surface area contributed by atoms with Crippen molar-refractivity contribution < 1.29 is 33.7 Å². The van der Waals surface area contributed by atoms with Gasteiger partial charge in [0.15, 0.2) is 28.7 Å². The molecule has 0 saturated carbocycles. The van der Waals surface area contributed by atoms with E-state index in [0.717, 1.165) is 27.1 Å². The third-order valence-corrected chi connectivity index (χ3v) is 5.02. The van der Waals surface area contributed by atoms with Crippen LogP contribution in [-0.2, 0) is 11.2 Å². The number of nitrogens with one attached hydrogen (secondary N) is 1. The maximum atomic E-state index is 13.2. The van der Waals surface area contributed by atoms with Gasteiger partial charge in [-0.2, -0.15) is 0 Å². The van der Waals surface area contributed by atoms with E-state index in [-0.39, 0.29) is 16.9 Å². The molecule has 2 aromatic rings. The molecule has 1 aromatic carbocycles. The van der Waals surface area contributed by atoms with Crippen molar-refractivity contribution in [1.29, 1.82) is 0 Å². The average Bonchev–Trinajstić information content (AvgIpc) is 2.74. The van der Waals surface area contributed by atoms with Crippen molar-refractivity contribution in [3.05, 3.63) is 49.9 Å². The van der Waals surface area contributed by atoms with Gasteiger partial charge >= 0.3 is 5.97 Å². The van der Waals surface area contributed by atoms with Crippen LogP contribution in [0.5, 0.6) is 17.2 Å². The summed E-state index contributed by atoms with van der Waals surface area (Å²) in [6.07, 6.45) is 2.14. The van der Waals surface area contributed by atoms with E-state index in [0.29, 0.717) is 12.0 Å². The molecule has 0 unspecified atom stereocenters. The fourth-order valence-corrected chi connectivity index (χ4v) is 3.57. The van der Waals surface area contributed by atoms with Gasteiger partial charge in [-0.1, -0.05) is 13.3 Å². The molecule has 2 N–H and O–H groups in total. The number of hydrogen-bond donors (Lipinski definition) is 2. The van der Waals surface area contributed by atoms with E-state index in [1.54, 1.807) is 0 Å². The van der Waals surface area contributed by atoms with Crippen molar-refractivity contribution in [1.82, 2.24) is 4.98 Å². The number of H-pyrrole nitrogens is 1. The molecule has 1 heterocycles. The molecule has 9 nitrogen and oxygen atoms in total. The number of unbranched alkanes of at least 4 members (excludes halogenated alkanes) is 1. The zero-order chi connectivity index (χ0) is 22.2. The Kier molecular flexibility index (Phi) is 5.64. The summed E-state index contributed by atoms with van der Waals surface area (Å²) in [5.74, 6) is -3.35. The Balaban J connectivity index is 2.33. The Morgan fingerprint density at radius 2 is 1.70 bits per heavy atom. The highest BCUT2D eigenvalue weighted by Crippen LogP contribution is 2.41. The Labute approximate surface area is 171 Å². The van der Waals surface area contributed by atoms with Crippen molar-refractivity contribution in [2.45, 2.75) is 26.2 Å². The lowest BCUT2D eigenvalue weighted by Crippen LogP contribution is -2.32. The van der Waals surface area contributed by atoms with Crippen LogP contribution in [-0.4, -0.2) is 49.0 Å². The van der Waals surface area contributed by atoms with Crippen molar-refractivity contribution in [3.8, 4) is 17.2 Å². The molecule has 0 bridgehead atoms. The fraction of sp³-hybridized carbons (Fsp3) is 0.333. The van der Waals surface area contributed by atoms with Gasteiger partial charge in [-0.15, -0.1) is 0 Å². The summed E-state index contributed by atoms with van der Waals surface area (Å²) < 4.78 is 14.9. The number of rotatable bonds is 6. The third kappa shape index (κ3) is 3.02. The van der Waals surface area contributed by atoms with Crippen LogP contribution in [0.2, 0.25) is 0 Å². The quantitative estimate of drug-likeness (QED) is 0.584. The van der Waals surface area contributed by atoms with E-state index in [4.69, 9.17) is 9.47 Å². The van der Waals surface area contributed by atoms with Crippen molar-refractivity contribution in [2.75, 3.05) is 21.3 Å². The summed E-state index contributed by atoms with van der Waals surface area (Å²) in [4.78, 5) is 53.8. The number of esters is 1. The van der Waals surface area contributed by atoms with Gasteiger partial charge in [0.2, 0.25) is 11.2 Å². The first-order valence-electron chi connectivity index (χ1n) is 9.27. The van der Waals surface area contributed by atoms with E-state index in [2.05, 4.69) is 9.72 Å². The van der Waals surface area contributed by atoms with Crippen LogP contribution in [0.3, 0.4) is 0 Å². The Hall–Kier alpha value is -3.62. The van der Waals surface area contributed by atoms with Crippen molar-refractivity contribution >= 4 is 17.5 Å². The number of aromatic hydroxyl groups is 1. The molecule has 0 aliphatic heterocycles. The second-order valence-electron chi connectivity index (χ2n) is 6.71. The number of methoxy groups -OCH3 is 3. The average molecular weight is 415 g/mol. The highest BCUT2D eigenvalue weighted by Gasteiger charge is 2.39. The number of fused-ring (bicyclic) bond motifs is 2. The molecule has 0 fully saturated rings. The van der Waals surface area contributed by atoms with Crippen LogP contribution in [0.25, 0.3) is 0 Å². The molecule has 9 heteroatoms. The van der Waals surface area contributed by atoms with E-state index < -0.39 is 51.4 Å². The summed E-state index contributed by atoms with van der Waals surface area (Å²) in [5.41, 5.74) is -2.04. The molecule has 0 amide bonds. The van der Waals surface area contributed by atoms with Crippen molar-refractivity contribution in [3.63, 3.8) is 0 Å². The zero-order valence-corrected chi connectivity index (χ0v) is 17.0. The lowest BCUT2D eigenvalue weighted by Gasteiger charge is -2.22. The van der Waals surface area contributed by atoms with Gasteiger partial charge < -0.3 is 24.3 Å². The van der Waals surface area contributed by atoms with Crippen LogP contribution >= 0.6 is 0 Å². The Morgan fingerprint density at radius 1 is 1.03 bits per heavy atom. The summed E-state index contributed by atoms with van der Waals surface area (Å²) in [6, 6.07) is 1.47. The molecule has 1 aromatic heterocycles. The van der Waals surface area contributed by atoms with Crippen LogP contribution in [0.15, 0.2) is 10.9 Å². The largest absolute Gasteiger partial charge is 0.504 e. The minimum atomic E-state index is -0.950. The number of aromatic nitrogens is 1. The second kappa shape index (κ2) is 8.02. The molecule has 1 aliphatic rings. The van der Waals surface area contributed by atoms with Gasteiger partial charge in [-0.3, -0.25) is 14.4 Å². The number of ether oxygens (including phenoxy) is 3. The highest BCUT2D eigenvalue weighted by molar-refractivity contribution is 6.29. The molecule has 1 aliphatic carbocycles. The number of aryl methyl sites for hydroxylation is 1. The number of pyridine rings is 1. The van der Waals surface area contributed by atoms with Gasteiger partial charge in [-0.05, 0) is 24.5 Å². The maximum absolute atomic E-state index is 13.2. The minimum absolute atomic E-state index is 0.0934. The molecule has 30 heavy (non-hydrogen) atoms. The van der Waals surface area contributed by atoms with Crippen LogP contribution in [0.1, 0.15) is 67.8 Å². The highest BCUT2D eigenvalue weighted by atomic mass is 16.5. The van der Waals surface area contributed by atoms with Crippen LogP contribution < -0.4 is 14.9 Å². The van der Waals surface area contributed by atoms with E-state index in [9.17, 15) is 24.3 Å². The Bertz CT molecular complexity index is 1130. The van der Waals surface area contributed by atoms with E-state index in [1.807, 2.05) is 6.92 Å². The Morgan fingerprint density at radius 3 is 2.27 bits per heavy atom. The number of phenolic OH excluding ortho intramolecular Hbond substituents is 1. The van der Waals surface area contributed by atoms with Gasteiger partial charge in [0.25, 0.3) is 0 Å². The SMILES string of the molecule is CCCCc1cc2c(c(O)c1OC)C(=O)c1[nH]c(C(=O)OC)c(OC)c(=O)c1C2=O. The summed E-state index contributed by atoms with van der Waals surface area (Å²) in [5, 5.41) is 10.7. The molecule has 158 valence electrons. The minimum Gasteiger partial charge on any atom is -0.504 e. The van der Waals surface area contributed by atoms with Gasteiger partial charge in [0.1, 0.15) is 11.3 Å². The van der Waals surface area contributed by atoms with Crippen molar-refractivity contribution in [2.24, 2.45) is 0 Å². The normalized spacial score (nSPS) is 12.3.